The number of carbonyl (C=O) groups excluding carboxylic acids is 1. The fourth-order valence-corrected chi connectivity index (χ4v) is 2.95. The number of amides is 2. The van der Waals surface area contributed by atoms with Crippen molar-refractivity contribution in [3.63, 3.8) is 0 Å². The summed E-state index contributed by atoms with van der Waals surface area (Å²) >= 11 is 0. The Morgan fingerprint density at radius 1 is 1.29 bits per heavy atom. The van der Waals surface area contributed by atoms with Crippen molar-refractivity contribution in [3.05, 3.63) is 0 Å². The molecule has 0 aromatic heterocycles. The first-order valence-corrected chi connectivity index (χ1v) is 7.76. The summed E-state index contributed by atoms with van der Waals surface area (Å²) in [4.78, 5) is 25.4. The third kappa shape index (κ3) is 4.07. The first-order chi connectivity index (χ1) is 10.1. The highest BCUT2D eigenvalue weighted by Gasteiger charge is 2.40. The van der Waals surface area contributed by atoms with Crippen molar-refractivity contribution < 1.29 is 19.4 Å². The van der Waals surface area contributed by atoms with E-state index in [-0.39, 0.29) is 18.7 Å². The summed E-state index contributed by atoms with van der Waals surface area (Å²) in [5.41, 5.74) is 2.91. The zero-order valence-corrected chi connectivity index (χ0v) is 12.6. The molecule has 7 heteroatoms. The van der Waals surface area contributed by atoms with Crippen LogP contribution < -0.4 is 5.43 Å². The number of urea groups is 1. The van der Waals surface area contributed by atoms with Crippen LogP contribution in [0.2, 0.25) is 0 Å². The predicted octanol–water partition coefficient (Wildman–Crippen LogP) is 0.909. The Morgan fingerprint density at radius 2 is 2.00 bits per heavy atom. The van der Waals surface area contributed by atoms with Crippen LogP contribution in [0, 0.1) is 5.92 Å². The van der Waals surface area contributed by atoms with Gasteiger partial charge < -0.3 is 14.7 Å². The lowest BCUT2D eigenvalue weighted by atomic mass is 10.0. The second-order valence-electron chi connectivity index (χ2n) is 5.71. The lowest BCUT2D eigenvalue weighted by molar-refractivity contribution is -0.142. The van der Waals surface area contributed by atoms with E-state index in [1.165, 1.54) is 6.42 Å². The van der Waals surface area contributed by atoms with E-state index >= 15 is 0 Å². The van der Waals surface area contributed by atoms with Gasteiger partial charge in [0.25, 0.3) is 0 Å². The van der Waals surface area contributed by atoms with Gasteiger partial charge in [0.05, 0.1) is 19.3 Å². The lowest BCUT2D eigenvalue weighted by Crippen LogP contribution is -2.55. The zero-order chi connectivity index (χ0) is 15.2. The fourth-order valence-electron chi connectivity index (χ4n) is 2.95. The summed E-state index contributed by atoms with van der Waals surface area (Å²) in [5, 5.41) is 11.2. The van der Waals surface area contributed by atoms with Crippen LogP contribution in [0.5, 0.6) is 0 Å². The Hall–Kier alpha value is -1.34. The van der Waals surface area contributed by atoms with Gasteiger partial charge in [0.1, 0.15) is 5.92 Å². The van der Waals surface area contributed by atoms with Crippen LogP contribution in [0.15, 0.2) is 0 Å². The molecule has 2 N–H and O–H groups in total. The standard InChI is InChI=1S/C14H25N3O4/c1-2-6-17(12-10-21-9-11(12)13(18)19)14(20)15-16-7-4-3-5-8-16/h11-12H,2-10H2,1H3,(H,15,20)(H,18,19). The molecule has 21 heavy (non-hydrogen) atoms. The highest BCUT2D eigenvalue weighted by Crippen LogP contribution is 2.21. The summed E-state index contributed by atoms with van der Waals surface area (Å²) in [7, 11) is 0. The van der Waals surface area contributed by atoms with Crippen LogP contribution in [0.4, 0.5) is 4.79 Å². The van der Waals surface area contributed by atoms with E-state index in [0.717, 1.165) is 32.4 Å². The van der Waals surface area contributed by atoms with Gasteiger partial charge in [-0.25, -0.2) is 9.80 Å². The molecule has 2 rings (SSSR count). The maximum Gasteiger partial charge on any atom is 0.332 e. The van der Waals surface area contributed by atoms with Crippen LogP contribution in [0.3, 0.4) is 0 Å². The Morgan fingerprint density at radius 3 is 2.62 bits per heavy atom. The van der Waals surface area contributed by atoms with Crippen LogP contribution in [0.25, 0.3) is 0 Å². The van der Waals surface area contributed by atoms with Crippen molar-refractivity contribution in [1.29, 1.82) is 0 Å². The number of nitrogens with one attached hydrogen (secondary N) is 1. The highest BCUT2D eigenvalue weighted by atomic mass is 16.5. The van der Waals surface area contributed by atoms with Gasteiger partial charge in [-0.2, -0.15) is 0 Å². The SMILES string of the molecule is CCCN(C(=O)NN1CCCCC1)C1COCC1C(=O)O. The molecule has 0 aliphatic carbocycles. The normalized spacial score (nSPS) is 26.5. The van der Waals surface area contributed by atoms with E-state index in [0.29, 0.717) is 13.2 Å². The quantitative estimate of drug-likeness (QED) is 0.788. The van der Waals surface area contributed by atoms with Crippen LogP contribution in [-0.4, -0.2) is 65.9 Å². The van der Waals surface area contributed by atoms with Crippen molar-refractivity contribution in [2.45, 2.75) is 38.6 Å². The third-order valence-corrected chi connectivity index (χ3v) is 4.10. The number of aliphatic carboxylic acids is 1. The van der Waals surface area contributed by atoms with E-state index < -0.39 is 11.9 Å². The van der Waals surface area contributed by atoms with Gasteiger partial charge in [-0.05, 0) is 19.3 Å². The Bertz CT molecular complexity index is 371. The summed E-state index contributed by atoms with van der Waals surface area (Å²) in [5.74, 6) is -1.53. The fraction of sp³-hybridized carbons (Fsp3) is 0.857. The average Bonchev–Trinajstić information content (AvgIpc) is 2.95. The number of hydrazine groups is 1. The van der Waals surface area contributed by atoms with Gasteiger partial charge in [0.2, 0.25) is 0 Å². The number of ether oxygens (including phenoxy) is 1. The number of rotatable bonds is 5. The zero-order valence-electron chi connectivity index (χ0n) is 12.6. The summed E-state index contributed by atoms with van der Waals surface area (Å²) < 4.78 is 5.28. The third-order valence-electron chi connectivity index (χ3n) is 4.10. The maximum atomic E-state index is 12.5. The molecule has 2 aliphatic rings. The van der Waals surface area contributed by atoms with E-state index in [1.807, 2.05) is 11.9 Å². The van der Waals surface area contributed by atoms with Gasteiger partial charge in [0, 0.05) is 19.6 Å². The first kappa shape index (κ1) is 16.0. The molecule has 0 spiro atoms. The van der Waals surface area contributed by atoms with Crippen LogP contribution in [0.1, 0.15) is 32.6 Å². The van der Waals surface area contributed by atoms with Crippen molar-refractivity contribution >= 4 is 12.0 Å². The number of nitrogens with zero attached hydrogens (tertiary/aromatic N) is 2. The molecule has 0 aromatic carbocycles. The number of hydrogen-bond acceptors (Lipinski definition) is 4. The van der Waals surface area contributed by atoms with Crippen molar-refractivity contribution in [1.82, 2.24) is 15.3 Å². The van der Waals surface area contributed by atoms with Crippen molar-refractivity contribution in [2.75, 3.05) is 32.8 Å². The van der Waals surface area contributed by atoms with E-state index in [1.54, 1.807) is 4.90 Å². The van der Waals surface area contributed by atoms with Gasteiger partial charge in [-0.1, -0.05) is 13.3 Å². The maximum absolute atomic E-state index is 12.5. The van der Waals surface area contributed by atoms with Crippen molar-refractivity contribution in [2.24, 2.45) is 5.92 Å². The minimum Gasteiger partial charge on any atom is -0.481 e. The van der Waals surface area contributed by atoms with Gasteiger partial charge in [-0.15, -0.1) is 0 Å². The van der Waals surface area contributed by atoms with E-state index in [2.05, 4.69) is 5.43 Å². The molecular formula is C14H25N3O4. The van der Waals surface area contributed by atoms with Gasteiger partial charge >= 0.3 is 12.0 Å². The molecule has 120 valence electrons. The van der Waals surface area contributed by atoms with Crippen LogP contribution >= 0.6 is 0 Å². The summed E-state index contributed by atoms with van der Waals surface area (Å²) in [6, 6.07) is -0.590. The minimum atomic E-state index is -0.899. The smallest absolute Gasteiger partial charge is 0.332 e. The second-order valence-corrected chi connectivity index (χ2v) is 5.71. The van der Waals surface area contributed by atoms with Gasteiger partial charge in [-0.3, -0.25) is 10.2 Å². The lowest BCUT2D eigenvalue weighted by Gasteiger charge is -2.34. The molecule has 0 aromatic rings. The first-order valence-electron chi connectivity index (χ1n) is 7.76. The molecule has 2 aliphatic heterocycles. The molecule has 7 nitrogen and oxygen atoms in total. The largest absolute Gasteiger partial charge is 0.481 e. The summed E-state index contributed by atoms with van der Waals surface area (Å²) in [6.45, 7) is 4.70. The Balaban J connectivity index is 1.99. The minimum absolute atomic E-state index is 0.178. The number of hydrogen-bond donors (Lipinski definition) is 2. The summed E-state index contributed by atoms with van der Waals surface area (Å²) in [6.07, 6.45) is 4.15. The average molecular weight is 299 g/mol. The molecule has 2 saturated heterocycles. The number of carboxylic acids is 1. The molecule has 2 heterocycles. The highest BCUT2D eigenvalue weighted by molar-refractivity contribution is 5.77. The molecule has 0 bridgehead atoms. The molecule has 0 saturated carbocycles. The van der Waals surface area contributed by atoms with E-state index in [4.69, 9.17) is 4.74 Å². The van der Waals surface area contributed by atoms with Gasteiger partial charge in [0.15, 0.2) is 0 Å². The molecule has 2 fully saturated rings. The molecule has 2 unspecified atom stereocenters. The number of carboxylic acid groups (broad SMARTS) is 1. The molecule has 0 radical (unpaired) electrons. The topological polar surface area (TPSA) is 82.1 Å². The van der Waals surface area contributed by atoms with Crippen LogP contribution in [-0.2, 0) is 9.53 Å². The molecular weight excluding hydrogens is 274 g/mol. The monoisotopic (exact) mass is 299 g/mol. The van der Waals surface area contributed by atoms with E-state index in [9.17, 15) is 14.7 Å². The van der Waals surface area contributed by atoms with Crippen molar-refractivity contribution in [3.8, 4) is 0 Å². The molecule has 2 atom stereocenters. The Labute approximate surface area is 125 Å². The molecule has 2 amide bonds. The number of carbonyl (C=O) groups is 2. The predicted molar refractivity (Wildman–Crippen MR) is 76.7 cm³/mol. The second kappa shape index (κ2) is 7.61. The number of piperidine rings is 1. The Kier molecular flexibility index (Phi) is 5.81.